The zero-order chi connectivity index (χ0) is 14.6. The molecular formula is C14H10BrF3N2. The van der Waals surface area contributed by atoms with E-state index in [0.29, 0.717) is 5.69 Å². The minimum Gasteiger partial charge on any atom is -0.279 e. The lowest BCUT2D eigenvalue weighted by Crippen LogP contribution is -2.04. The van der Waals surface area contributed by atoms with Gasteiger partial charge in [-0.1, -0.05) is 34.1 Å². The smallest absolute Gasteiger partial charge is 0.279 e. The fourth-order valence-corrected chi connectivity index (χ4v) is 1.88. The van der Waals surface area contributed by atoms with E-state index in [-0.39, 0.29) is 0 Å². The van der Waals surface area contributed by atoms with Crippen molar-refractivity contribution >= 4 is 27.8 Å². The predicted molar refractivity (Wildman–Crippen MR) is 76.8 cm³/mol. The highest BCUT2D eigenvalue weighted by molar-refractivity contribution is 9.10. The second-order valence-corrected chi connectivity index (χ2v) is 4.82. The zero-order valence-electron chi connectivity index (χ0n) is 10.2. The topological polar surface area (TPSA) is 24.4 Å². The van der Waals surface area contributed by atoms with Crippen molar-refractivity contribution in [1.29, 1.82) is 0 Å². The van der Waals surface area contributed by atoms with Gasteiger partial charge in [-0.25, -0.2) is 0 Å². The van der Waals surface area contributed by atoms with Gasteiger partial charge < -0.3 is 0 Å². The van der Waals surface area contributed by atoms with Crippen molar-refractivity contribution in [3.05, 3.63) is 64.1 Å². The van der Waals surface area contributed by atoms with Crippen molar-refractivity contribution in [2.45, 2.75) is 6.18 Å². The summed E-state index contributed by atoms with van der Waals surface area (Å²) < 4.78 is 38.0. The molecule has 0 saturated heterocycles. The van der Waals surface area contributed by atoms with E-state index in [9.17, 15) is 13.2 Å². The third-order valence-electron chi connectivity index (χ3n) is 2.51. The second-order valence-electron chi connectivity index (χ2n) is 3.97. The Labute approximate surface area is 122 Å². The van der Waals surface area contributed by atoms with Crippen LogP contribution in [0.15, 0.2) is 58.1 Å². The molecule has 0 aliphatic carbocycles. The van der Waals surface area contributed by atoms with Crippen molar-refractivity contribution < 1.29 is 13.2 Å². The summed E-state index contributed by atoms with van der Waals surface area (Å²) in [7, 11) is 0. The Morgan fingerprint density at radius 2 is 1.65 bits per heavy atom. The van der Waals surface area contributed by atoms with E-state index in [2.05, 4.69) is 26.5 Å². The van der Waals surface area contributed by atoms with Crippen LogP contribution in [0.1, 0.15) is 11.1 Å². The lowest BCUT2D eigenvalue weighted by molar-refractivity contribution is -0.137. The highest BCUT2D eigenvalue weighted by atomic mass is 79.9. The van der Waals surface area contributed by atoms with E-state index in [1.165, 1.54) is 12.1 Å². The van der Waals surface area contributed by atoms with E-state index >= 15 is 0 Å². The number of rotatable bonds is 3. The zero-order valence-corrected chi connectivity index (χ0v) is 11.7. The van der Waals surface area contributed by atoms with Crippen LogP contribution < -0.4 is 5.43 Å². The molecule has 1 N–H and O–H groups in total. The SMILES string of the molecule is FC(F)(F)c1ccc(NN=Cc2ccccc2Br)cc1. The first-order valence-corrected chi connectivity index (χ1v) is 6.47. The fourth-order valence-electron chi connectivity index (χ4n) is 1.49. The molecule has 0 spiro atoms. The van der Waals surface area contributed by atoms with Crippen LogP contribution in [0.5, 0.6) is 0 Å². The Kier molecular flexibility index (Phi) is 4.44. The Morgan fingerprint density at radius 1 is 1.00 bits per heavy atom. The average molecular weight is 343 g/mol. The largest absolute Gasteiger partial charge is 0.416 e. The Balaban J connectivity index is 2.03. The monoisotopic (exact) mass is 342 g/mol. The number of hydrogen-bond donors (Lipinski definition) is 1. The van der Waals surface area contributed by atoms with Crippen molar-refractivity contribution in [1.82, 2.24) is 0 Å². The van der Waals surface area contributed by atoms with Gasteiger partial charge in [0.2, 0.25) is 0 Å². The van der Waals surface area contributed by atoms with Crippen molar-refractivity contribution in [2.75, 3.05) is 5.43 Å². The molecule has 0 unspecified atom stereocenters. The molecule has 0 aliphatic heterocycles. The maximum absolute atomic E-state index is 12.4. The third-order valence-corrected chi connectivity index (χ3v) is 3.24. The molecule has 104 valence electrons. The highest BCUT2D eigenvalue weighted by Gasteiger charge is 2.29. The molecule has 2 aromatic rings. The van der Waals surface area contributed by atoms with Gasteiger partial charge >= 0.3 is 6.18 Å². The van der Waals surface area contributed by atoms with Crippen LogP contribution in [0.4, 0.5) is 18.9 Å². The molecule has 0 aromatic heterocycles. The number of alkyl halides is 3. The molecule has 20 heavy (non-hydrogen) atoms. The summed E-state index contributed by atoms with van der Waals surface area (Å²) in [4.78, 5) is 0. The van der Waals surface area contributed by atoms with Gasteiger partial charge in [-0.05, 0) is 30.3 Å². The molecule has 2 aromatic carbocycles. The van der Waals surface area contributed by atoms with Gasteiger partial charge in [0.15, 0.2) is 0 Å². The minimum atomic E-state index is -4.32. The summed E-state index contributed by atoms with van der Waals surface area (Å²) in [6.07, 6.45) is -2.74. The lowest BCUT2D eigenvalue weighted by Gasteiger charge is -2.07. The Bertz CT molecular complexity index is 607. The number of benzene rings is 2. The fraction of sp³-hybridized carbons (Fsp3) is 0.0714. The van der Waals surface area contributed by atoms with Crippen LogP contribution in [0.3, 0.4) is 0 Å². The van der Waals surface area contributed by atoms with Crippen LogP contribution in [0, 0.1) is 0 Å². The summed E-state index contributed by atoms with van der Waals surface area (Å²) in [5.74, 6) is 0. The Hall–Kier alpha value is -1.82. The molecule has 0 saturated carbocycles. The van der Waals surface area contributed by atoms with Gasteiger partial charge in [0.25, 0.3) is 0 Å². The first kappa shape index (κ1) is 14.6. The lowest BCUT2D eigenvalue weighted by atomic mass is 10.2. The van der Waals surface area contributed by atoms with E-state index in [1.807, 2.05) is 24.3 Å². The number of anilines is 1. The number of hydrazone groups is 1. The van der Waals surface area contributed by atoms with E-state index in [4.69, 9.17) is 0 Å². The van der Waals surface area contributed by atoms with Gasteiger partial charge in [0.1, 0.15) is 0 Å². The molecule has 0 amide bonds. The second kappa shape index (κ2) is 6.09. The normalized spacial score (nSPS) is 11.8. The number of halogens is 4. The van der Waals surface area contributed by atoms with Crippen LogP contribution in [-0.4, -0.2) is 6.21 Å². The van der Waals surface area contributed by atoms with Gasteiger partial charge in [0, 0.05) is 10.0 Å². The van der Waals surface area contributed by atoms with Crippen molar-refractivity contribution in [3.63, 3.8) is 0 Å². The summed E-state index contributed by atoms with van der Waals surface area (Å²) in [6, 6.07) is 12.2. The molecule has 0 aliphatic rings. The molecule has 0 heterocycles. The number of nitrogens with one attached hydrogen (secondary N) is 1. The maximum atomic E-state index is 12.4. The standard InChI is InChI=1S/C14H10BrF3N2/c15-13-4-2-1-3-10(13)9-19-20-12-7-5-11(6-8-12)14(16,17)18/h1-9,20H. The quantitative estimate of drug-likeness (QED) is 0.621. The summed E-state index contributed by atoms with van der Waals surface area (Å²) in [5.41, 5.74) is 3.35. The highest BCUT2D eigenvalue weighted by Crippen LogP contribution is 2.29. The van der Waals surface area contributed by atoms with Crippen molar-refractivity contribution in [3.8, 4) is 0 Å². The summed E-state index contributed by atoms with van der Waals surface area (Å²) in [5, 5.41) is 3.98. The molecule has 2 nitrogen and oxygen atoms in total. The molecular weight excluding hydrogens is 333 g/mol. The third kappa shape index (κ3) is 3.84. The molecule has 6 heteroatoms. The number of nitrogens with zero attached hydrogens (tertiary/aromatic N) is 1. The molecule has 0 atom stereocenters. The summed E-state index contributed by atoms with van der Waals surface area (Å²) in [6.45, 7) is 0. The predicted octanol–water partition coefficient (Wildman–Crippen LogP) is 4.91. The maximum Gasteiger partial charge on any atom is 0.416 e. The first-order valence-electron chi connectivity index (χ1n) is 5.68. The first-order chi connectivity index (χ1) is 9.47. The molecule has 2 rings (SSSR count). The van der Waals surface area contributed by atoms with E-state index in [0.717, 1.165) is 22.2 Å². The van der Waals surface area contributed by atoms with E-state index < -0.39 is 11.7 Å². The molecule has 0 radical (unpaired) electrons. The summed E-state index contributed by atoms with van der Waals surface area (Å²) >= 11 is 3.37. The van der Waals surface area contributed by atoms with Crippen LogP contribution >= 0.6 is 15.9 Å². The van der Waals surface area contributed by atoms with Crippen molar-refractivity contribution in [2.24, 2.45) is 5.10 Å². The van der Waals surface area contributed by atoms with Gasteiger partial charge in [-0.2, -0.15) is 18.3 Å². The van der Waals surface area contributed by atoms with Crippen LogP contribution in [-0.2, 0) is 6.18 Å². The van der Waals surface area contributed by atoms with Gasteiger partial charge in [0.05, 0.1) is 17.5 Å². The van der Waals surface area contributed by atoms with Gasteiger partial charge in [-0.15, -0.1) is 0 Å². The van der Waals surface area contributed by atoms with Gasteiger partial charge in [-0.3, -0.25) is 5.43 Å². The van der Waals surface area contributed by atoms with Crippen LogP contribution in [0.2, 0.25) is 0 Å². The van der Waals surface area contributed by atoms with E-state index in [1.54, 1.807) is 6.21 Å². The number of hydrogen-bond acceptors (Lipinski definition) is 2. The molecule has 0 bridgehead atoms. The average Bonchev–Trinajstić information content (AvgIpc) is 2.40. The van der Waals surface area contributed by atoms with Crippen LogP contribution in [0.25, 0.3) is 0 Å². The Morgan fingerprint density at radius 3 is 2.25 bits per heavy atom. The molecule has 0 fully saturated rings. The minimum absolute atomic E-state index is 0.487.